The van der Waals surface area contributed by atoms with Crippen LogP contribution in [0, 0.1) is 0 Å². The van der Waals surface area contributed by atoms with Gasteiger partial charge in [0.2, 0.25) is 0 Å². The fourth-order valence-electron chi connectivity index (χ4n) is 2.99. The van der Waals surface area contributed by atoms with E-state index in [1.54, 1.807) is 0 Å². The highest BCUT2D eigenvalue weighted by atomic mass is 32.2. The predicted molar refractivity (Wildman–Crippen MR) is 73.2 cm³/mol. The van der Waals surface area contributed by atoms with Gasteiger partial charge < -0.3 is 10.2 Å². The summed E-state index contributed by atoms with van der Waals surface area (Å²) >= 11 is 2.13. The highest BCUT2D eigenvalue weighted by Crippen LogP contribution is 2.24. The molecule has 1 aliphatic carbocycles. The molecule has 1 saturated heterocycles. The maximum atomic E-state index is 3.90. The molecule has 1 heterocycles. The van der Waals surface area contributed by atoms with Crippen LogP contribution in [0.2, 0.25) is 0 Å². The van der Waals surface area contributed by atoms with Gasteiger partial charge in [-0.1, -0.05) is 6.42 Å². The molecule has 0 bridgehead atoms. The van der Waals surface area contributed by atoms with Gasteiger partial charge in [0.15, 0.2) is 0 Å². The molecule has 3 atom stereocenters. The topological polar surface area (TPSA) is 15.3 Å². The van der Waals surface area contributed by atoms with E-state index in [1.165, 1.54) is 50.0 Å². The van der Waals surface area contributed by atoms with E-state index in [1.807, 2.05) is 0 Å². The fraction of sp³-hybridized carbons (Fsp3) is 1.00. The van der Waals surface area contributed by atoms with Gasteiger partial charge in [0.25, 0.3) is 0 Å². The molecule has 0 aromatic rings. The molecule has 2 fully saturated rings. The van der Waals surface area contributed by atoms with Crippen LogP contribution in [0.25, 0.3) is 0 Å². The van der Waals surface area contributed by atoms with E-state index < -0.39 is 0 Å². The van der Waals surface area contributed by atoms with E-state index in [4.69, 9.17) is 0 Å². The monoisotopic (exact) mass is 242 g/mol. The Morgan fingerprint density at radius 2 is 1.88 bits per heavy atom. The number of thioether (sulfide) groups is 1. The third-order valence-electron chi connectivity index (χ3n) is 4.01. The number of nitrogens with zero attached hydrogens (tertiary/aromatic N) is 1. The van der Waals surface area contributed by atoms with Crippen LogP contribution in [0.3, 0.4) is 0 Å². The van der Waals surface area contributed by atoms with Gasteiger partial charge in [0, 0.05) is 23.9 Å². The molecule has 0 aromatic carbocycles. The maximum Gasteiger partial charge on any atom is 0.0161 e. The van der Waals surface area contributed by atoms with Crippen molar-refractivity contribution >= 4 is 11.8 Å². The van der Waals surface area contributed by atoms with E-state index in [2.05, 4.69) is 36.1 Å². The number of hydrogen-bond acceptors (Lipinski definition) is 3. The highest BCUT2D eigenvalue weighted by molar-refractivity contribution is 7.99. The second-order valence-corrected chi connectivity index (χ2v) is 6.71. The first-order valence-corrected chi connectivity index (χ1v) is 7.91. The predicted octanol–water partition coefficient (Wildman–Crippen LogP) is 2.34. The first-order valence-electron chi connectivity index (χ1n) is 6.76. The van der Waals surface area contributed by atoms with Crippen LogP contribution in [0.4, 0.5) is 0 Å². The van der Waals surface area contributed by atoms with Gasteiger partial charge in [0.1, 0.15) is 0 Å². The van der Waals surface area contributed by atoms with Crippen molar-refractivity contribution in [3.8, 4) is 0 Å². The van der Waals surface area contributed by atoms with Crippen molar-refractivity contribution in [1.29, 1.82) is 0 Å². The second-order valence-electron chi connectivity index (χ2n) is 5.56. The Hall–Kier alpha value is 0.270. The van der Waals surface area contributed by atoms with Crippen molar-refractivity contribution in [2.24, 2.45) is 0 Å². The van der Waals surface area contributed by atoms with E-state index >= 15 is 0 Å². The molecule has 0 amide bonds. The minimum absolute atomic E-state index is 0.782. The Kier molecular flexibility index (Phi) is 4.98. The van der Waals surface area contributed by atoms with Crippen molar-refractivity contribution in [2.75, 3.05) is 25.6 Å². The van der Waals surface area contributed by atoms with Gasteiger partial charge in [-0.3, -0.25) is 0 Å². The smallest absolute Gasteiger partial charge is 0.0161 e. The number of rotatable bonds is 3. The third-order valence-corrected chi connectivity index (χ3v) is 5.22. The summed E-state index contributed by atoms with van der Waals surface area (Å²) in [4.78, 5) is 2.41. The number of hydrogen-bond donors (Lipinski definition) is 1. The van der Waals surface area contributed by atoms with Crippen LogP contribution < -0.4 is 5.32 Å². The summed E-state index contributed by atoms with van der Waals surface area (Å²) in [5.41, 5.74) is 0. The molecule has 94 valence electrons. The van der Waals surface area contributed by atoms with Gasteiger partial charge in [-0.2, -0.15) is 11.8 Å². The van der Waals surface area contributed by atoms with Crippen LogP contribution in [-0.4, -0.2) is 48.6 Å². The first kappa shape index (κ1) is 12.7. The van der Waals surface area contributed by atoms with Gasteiger partial charge in [-0.15, -0.1) is 0 Å². The van der Waals surface area contributed by atoms with Gasteiger partial charge in [0.05, 0.1) is 0 Å². The van der Waals surface area contributed by atoms with Crippen LogP contribution >= 0.6 is 11.8 Å². The number of nitrogens with one attached hydrogen (secondary N) is 1. The van der Waals surface area contributed by atoms with Crippen molar-refractivity contribution in [1.82, 2.24) is 10.2 Å². The minimum atomic E-state index is 0.782. The molecule has 2 rings (SSSR count). The van der Waals surface area contributed by atoms with Crippen molar-refractivity contribution in [3.63, 3.8) is 0 Å². The van der Waals surface area contributed by atoms with Gasteiger partial charge in [-0.05, 0) is 52.0 Å². The zero-order valence-corrected chi connectivity index (χ0v) is 11.6. The minimum Gasteiger partial charge on any atom is -0.310 e. The van der Waals surface area contributed by atoms with E-state index in [0.717, 1.165) is 18.1 Å². The Balaban J connectivity index is 1.75. The molecule has 0 radical (unpaired) electrons. The highest BCUT2D eigenvalue weighted by Gasteiger charge is 2.25. The lowest BCUT2D eigenvalue weighted by Gasteiger charge is -2.36. The summed E-state index contributed by atoms with van der Waals surface area (Å²) < 4.78 is 0. The SMILES string of the molecule is CN(C)C1CCCC(NC2CCCSC2)C1. The van der Waals surface area contributed by atoms with E-state index in [9.17, 15) is 0 Å². The molecule has 2 nitrogen and oxygen atoms in total. The molecule has 2 aliphatic rings. The first-order chi connectivity index (χ1) is 7.75. The molecule has 0 aromatic heterocycles. The standard InChI is InChI=1S/C13H26N2S/c1-15(2)13-7-3-5-11(9-13)14-12-6-4-8-16-10-12/h11-14H,3-10H2,1-2H3. The molecule has 0 spiro atoms. The molecule has 3 heteroatoms. The van der Waals surface area contributed by atoms with Crippen LogP contribution in [0.15, 0.2) is 0 Å². The summed E-state index contributed by atoms with van der Waals surface area (Å²) in [7, 11) is 4.45. The fourth-order valence-corrected chi connectivity index (χ4v) is 4.07. The summed E-state index contributed by atoms with van der Waals surface area (Å²) in [6, 6.07) is 2.39. The molecule has 3 unspecified atom stereocenters. The quantitative estimate of drug-likeness (QED) is 0.818. The average Bonchev–Trinajstić information content (AvgIpc) is 2.30. The molecule has 1 N–H and O–H groups in total. The Labute approximate surface area is 105 Å². The summed E-state index contributed by atoms with van der Waals surface area (Å²) in [5.74, 6) is 2.71. The lowest BCUT2D eigenvalue weighted by atomic mass is 9.89. The van der Waals surface area contributed by atoms with E-state index in [0.29, 0.717) is 0 Å². The lowest BCUT2D eigenvalue weighted by molar-refractivity contribution is 0.192. The molecule has 1 aliphatic heterocycles. The van der Waals surface area contributed by atoms with Crippen molar-refractivity contribution < 1.29 is 0 Å². The average molecular weight is 242 g/mol. The Bertz CT molecular complexity index is 202. The van der Waals surface area contributed by atoms with Gasteiger partial charge >= 0.3 is 0 Å². The normalized spacial score (nSPS) is 36.6. The molecular weight excluding hydrogens is 216 g/mol. The zero-order valence-electron chi connectivity index (χ0n) is 10.7. The Morgan fingerprint density at radius 1 is 1.06 bits per heavy atom. The van der Waals surface area contributed by atoms with Crippen LogP contribution in [-0.2, 0) is 0 Å². The van der Waals surface area contributed by atoms with E-state index in [-0.39, 0.29) is 0 Å². The Morgan fingerprint density at radius 3 is 2.56 bits per heavy atom. The molecular formula is C13H26N2S. The summed E-state index contributed by atoms with van der Waals surface area (Å²) in [6.07, 6.45) is 8.35. The summed E-state index contributed by atoms with van der Waals surface area (Å²) in [5, 5.41) is 3.90. The largest absolute Gasteiger partial charge is 0.310 e. The molecule has 16 heavy (non-hydrogen) atoms. The second kappa shape index (κ2) is 6.27. The lowest BCUT2D eigenvalue weighted by Crippen LogP contribution is -2.46. The van der Waals surface area contributed by atoms with Gasteiger partial charge in [-0.25, -0.2) is 0 Å². The molecule has 1 saturated carbocycles. The van der Waals surface area contributed by atoms with Crippen molar-refractivity contribution in [2.45, 2.75) is 56.7 Å². The third kappa shape index (κ3) is 3.64. The van der Waals surface area contributed by atoms with Crippen molar-refractivity contribution in [3.05, 3.63) is 0 Å². The maximum absolute atomic E-state index is 3.90. The zero-order chi connectivity index (χ0) is 11.4. The van der Waals surface area contributed by atoms with Crippen LogP contribution in [0.1, 0.15) is 38.5 Å². The van der Waals surface area contributed by atoms with Crippen LogP contribution in [0.5, 0.6) is 0 Å². The summed E-state index contributed by atoms with van der Waals surface area (Å²) in [6.45, 7) is 0.